The van der Waals surface area contributed by atoms with E-state index < -0.39 is 11.7 Å². The Hall–Kier alpha value is -1.81. The molecule has 2 rings (SSSR count). The largest absolute Gasteiger partial charge is 0.416 e. The average molecular weight is 307 g/mol. The zero-order valence-electron chi connectivity index (χ0n) is 12.7. The minimum Gasteiger partial charge on any atom is -0.330 e. The summed E-state index contributed by atoms with van der Waals surface area (Å²) < 4.78 is 37.8. The zero-order chi connectivity index (χ0) is 16.3. The number of hydrogen-bond donors (Lipinski definition) is 1. The minimum atomic E-state index is -4.29. The number of halogens is 3. The minimum absolute atomic E-state index is 0.108. The molecule has 0 saturated carbocycles. The van der Waals surface area contributed by atoms with E-state index in [1.165, 1.54) is 17.7 Å². The molecule has 0 aliphatic rings. The number of hydrogen-bond acceptors (Lipinski definition) is 1. The Morgan fingerprint density at radius 1 is 1.00 bits per heavy atom. The maximum Gasteiger partial charge on any atom is 0.416 e. The van der Waals surface area contributed by atoms with Crippen LogP contribution in [0.3, 0.4) is 0 Å². The Morgan fingerprint density at radius 3 is 2.18 bits per heavy atom. The fourth-order valence-corrected chi connectivity index (χ4v) is 2.63. The first-order chi connectivity index (χ1) is 10.3. The molecule has 0 saturated heterocycles. The lowest BCUT2D eigenvalue weighted by molar-refractivity contribution is -0.137. The van der Waals surface area contributed by atoms with Gasteiger partial charge in [0.2, 0.25) is 0 Å². The van der Waals surface area contributed by atoms with Gasteiger partial charge in [-0.1, -0.05) is 35.9 Å². The molecule has 1 atom stereocenters. The molecule has 1 nitrogen and oxygen atoms in total. The lowest BCUT2D eigenvalue weighted by Crippen LogP contribution is -2.16. The van der Waals surface area contributed by atoms with Crippen LogP contribution < -0.4 is 5.73 Å². The third-order valence-corrected chi connectivity index (χ3v) is 3.92. The molecule has 2 N–H and O–H groups in total. The normalized spacial score (nSPS) is 13.2. The van der Waals surface area contributed by atoms with Gasteiger partial charge in [-0.3, -0.25) is 0 Å². The van der Waals surface area contributed by atoms with Crippen molar-refractivity contribution in [2.45, 2.75) is 32.4 Å². The fraction of sp³-hybridized carbons (Fsp3) is 0.333. The van der Waals surface area contributed by atoms with Crippen molar-refractivity contribution in [2.75, 3.05) is 6.54 Å². The number of alkyl halides is 3. The molecule has 2 aromatic carbocycles. The second-order valence-electron chi connectivity index (χ2n) is 5.69. The van der Waals surface area contributed by atoms with E-state index in [1.807, 2.05) is 19.9 Å². The summed E-state index contributed by atoms with van der Waals surface area (Å²) in [5, 5.41) is 0. The van der Waals surface area contributed by atoms with Gasteiger partial charge in [0.1, 0.15) is 0 Å². The smallest absolute Gasteiger partial charge is 0.330 e. The topological polar surface area (TPSA) is 26.0 Å². The molecule has 0 aromatic heterocycles. The summed E-state index contributed by atoms with van der Waals surface area (Å²) in [5.74, 6) is 0.108. The molecular formula is C18H20F3N. The van der Waals surface area contributed by atoms with E-state index in [1.54, 1.807) is 0 Å². The molecule has 0 amide bonds. The van der Waals surface area contributed by atoms with Gasteiger partial charge in [-0.15, -0.1) is 0 Å². The lowest BCUT2D eigenvalue weighted by Gasteiger charge is -2.19. The Bertz CT molecular complexity index is 630. The van der Waals surface area contributed by atoms with Crippen molar-refractivity contribution >= 4 is 0 Å². The molecule has 0 aliphatic heterocycles. The summed E-state index contributed by atoms with van der Waals surface area (Å²) in [6.45, 7) is 4.52. The second kappa shape index (κ2) is 6.53. The number of aryl methyl sites for hydroxylation is 2. The van der Waals surface area contributed by atoms with Crippen LogP contribution in [-0.2, 0) is 12.6 Å². The predicted molar refractivity (Wildman–Crippen MR) is 82.9 cm³/mol. The molecule has 0 aliphatic carbocycles. The van der Waals surface area contributed by atoms with Crippen LogP contribution in [0.1, 0.15) is 33.7 Å². The van der Waals surface area contributed by atoms with Gasteiger partial charge in [0.25, 0.3) is 0 Å². The standard InChI is InChI=1S/C18H20F3N/c1-12-3-4-13(2)17(9-12)15(11-22)10-14-5-7-16(8-6-14)18(19,20)21/h3-9,15H,10-11,22H2,1-2H3. The van der Waals surface area contributed by atoms with Crippen molar-refractivity contribution < 1.29 is 13.2 Å². The van der Waals surface area contributed by atoms with Crippen LogP contribution in [0.25, 0.3) is 0 Å². The van der Waals surface area contributed by atoms with Gasteiger partial charge in [-0.2, -0.15) is 13.2 Å². The molecule has 118 valence electrons. The van der Waals surface area contributed by atoms with Crippen molar-refractivity contribution in [3.63, 3.8) is 0 Å². The number of rotatable bonds is 4. The molecule has 0 heterocycles. The summed E-state index contributed by atoms with van der Waals surface area (Å²) >= 11 is 0. The highest BCUT2D eigenvalue weighted by molar-refractivity contribution is 5.35. The fourth-order valence-electron chi connectivity index (χ4n) is 2.63. The molecule has 1 unspecified atom stereocenters. The summed E-state index contributed by atoms with van der Waals surface area (Å²) in [5.41, 5.74) is 9.63. The van der Waals surface area contributed by atoms with Crippen molar-refractivity contribution in [2.24, 2.45) is 5.73 Å². The average Bonchev–Trinajstić information content (AvgIpc) is 2.47. The van der Waals surface area contributed by atoms with Crippen LogP contribution in [0.15, 0.2) is 42.5 Å². The monoisotopic (exact) mass is 307 g/mol. The number of benzene rings is 2. The maximum atomic E-state index is 12.6. The first-order valence-electron chi connectivity index (χ1n) is 7.24. The molecular weight excluding hydrogens is 287 g/mol. The Kier molecular flexibility index (Phi) is 4.91. The molecule has 4 heteroatoms. The van der Waals surface area contributed by atoms with Gasteiger partial charge in [-0.25, -0.2) is 0 Å². The van der Waals surface area contributed by atoms with Gasteiger partial charge >= 0.3 is 6.18 Å². The quantitative estimate of drug-likeness (QED) is 0.877. The summed E-state index contributed by atoms with van der Waals surface area (Å²) in [6.07, 6.45) is -3.65. The van der Waals surface area contributed by atoms with Crippen molar-refractivity contribution in [1.82, 2.24) is 0 Å². The van der Waals surface area contributed by atoms with Gasteiger partial charge < -0.3 is 5.73 Å². The van der Waals surface area contributed by atoms with Crippen LogP contribution in [0.2, 0.25) is 0 Å². The highest BCUT2D eigenvalue weighted by Crippen LogP contribution is 2.30. The first kappa shape index (κ1) is 16.6. The second-order valence-corrected chi connectivity index (χ2v) is 5.69. The van der Waals surface area contributed by atoms with E-state index >= 15 is 0 Å². The van der Waals surface area contributed by atoms with E-state index in [-0.39, 0.29) is 5.92 Å². The van der Waals surface area contributed by atoms with Gasteiger partial charge in [0.05, 0.1) is 5.56 Å². The van der Waals surface area contributed by atoms with E-state index in [0.717, 1.165) is 28.8 Å². The summed E-state index contributed by atoms with van der Waals surface area (Å²) in [6, 6.07) is 11.5. The number of nitrogens with two attached hydrogens (primary N) is 1. The molecule has 22 heavy (non-hydrogen) atoms. The Morgan fingerprint density at radius 2 is 1.64 bits per heavy atom. The predicted octanol–water partition coefficient (Wildman–Crippen LogP) is 4.61. The lowest BCUT2D eigenvalue weighted by atomic mass is 9.88. The van der Waals surface area contributed by atoms with Crippen LogP contribution in [0, 0.1) is 13.8 Å². The third kappa shape index (κ3) is 3.89. The van der Waals surface area contributed by atoms with Crippen LogP contribution in [0.5, 0.6) is 0 Å². The van der Waals surface area contributed by atoms with Crippen molar-refractivity contribution in [3.05, 3.63) is 70.3 Å². The third-order valence-electron chi connectivity index (χ3n) is 3.92. The summed E-state index contributed by atoms with van der Waals surface area (Å²) in [7, 11) is 0. The maximum absolute atomic E-state index is 12.6. The van der Waals surface area contributed by atoms with Crippen LogP contribution >= 0.6 is 0 Å². The van der Waals surface area contributed by atoms with Crippen molar-refractivity contribution in [1.29, 1.82) is 0 Å². The van der Waals surface area contributed by atoms with Crippen LogP contribution in [0.4, 0.5) is 13.2 Å². The first-order valence-corrected chi connectivity index (χ1v) is 7.24. The van der Waals surface area contributed by atoms with E-state index in [4.69, 9.17) is 5.73 Å². The van der Waals surface area contributed by atoms with Crippen LogP contribution in [-0.4, -0.2) is 6.54 Å². The highest BCUT2D eigenvalue weighted by Gasteiger charge is 2.30. The Labute approximate surface area is 129 Å². The molecule has 2 aromatic rings. The Balaban J connectivity index is 2.22. The van der Waals surface area contributed by atoms with Gasteiger partial charge in [0, 0.05) is 5.92 Å². The molecule has 0 bridgehead atoms. The summed E-state index contributed by atoms with van der Waals surface area (Å²) in [4.78, 5) is 0. The van der Waals surface area contributed by atoms with E-state index in [9.17, 15) is 13.2 Å². The zero-order valence-corrected chi connectivity index (χ0v) is 12.7. The van der Waals surface area contributed by atoms with E-state index in [2.05, 4.69) is 12.1 Å². The van der Waals surface area contributed by atoms with Crippen molar-refractivity contribution in [3.8, 4) is 0 Å². The van der Waals surface area contributed by atoms with Gasteiger partial charge in [0.15, 0.2) is 0 Å². The SMILES string of the molecule is Cc1ccc(C)c(C(CN)Cc2ccc(C(F)(F)F)cc2)c1. The molecule has 0 radical (unpaired) electrons. The van der Waals surface area contributed by atoms with Gasteiger partial charge in [-0.05, 0) is 55.6 Å². The molecule has 0 spiro atoms. The molecule has 0 fully saturated rings. The van der Waals surface area contributed by atoms with E-state index in [0.29, 0.717) is 13.0 Å². The highest BCUT2D eigenvalue weighted by atomic mass is 19.4.